The quantitative estimate of drug-likeness (QED) is 0.158. The summed E-state index contributed by atoms with van der Waals surface area (Å²) in [6.45, 7) is 6.22. The number of para-hydroxylation sites is 1. The Morgan fingerprint density at radius 2 is 1.25 bits per heavy atom. The van der Waals surface area contributed by atoms with Crippen LogP contribution < -0.4 is 0 Å². The topological polar surface area (TPSA) is 43.6 Å². The van der Waals surface area contributed by atoms with Gasteiger partial charge in [-0.15, -0.1) is 11.3 Å². The molecular formula is C46H32N4S. The molecule has 0 saturated heterocycles. The van der Waals surface area contributed by atoms with Gasteiger partial charge in [0.15, 0.2) is 17.5 Å². The molecule has 0 atom stereocenters. The number of aromatic nitrogens is 4. The second-order valence-corrected chi connectivity index (χ2v) is 13.5. The largest absolute Gasteiger partial charge is 0.308 e. The van der Waals surface area contributed by atoms with Crippen LogP contribution in [0.1, 0.15) is 12.5 Å². The van der Waals surface area contributed by atoms with Crippen molar-refractivity contribution in [2.75, 3.05) is 0 Å². The van der Waals surface area contributed by atoms with Crippen LogP contribution in [0.25, 0.3) is 87.4 Å². The van der Waals surface area contributed by atoms with Gasteiger partial charge in [0.05, 0.1) is 15.7 Å². The highest BCUT2D eigenvalue weighted by molar-refractivity contribution is 7.26. The maximum absolute atomic E-state index is 5.17. The molecule has 3 heterocycles. The second-order valence-electron chi connectivity index (χ2n) is 12.4. The first-order valence-electron chi connectivity index (χ1n) is 17.0. The van der Waals surface area contributed by atoms with E-state index < -0.39 is 0 Å². The summed E-state index contributed by atoms with van der Waals surface area (Å²) in [7, 11) is 0. The van der Waals surface area contributed by atoms with Gasteiger partial charge in [-0.1, -0.05) is 146 Å². The molecule has 5 heteroatoms. The lowest BCUT2D eigenvalue weighted by Gasteiger charge is -2.16. The van der Waals surface area contributed by atoms with E-state index in [1.165, 1.54) is 36.5 Å². The molecule has 0 N–H and O–H groups in total. The zero-order valence-corrected chi connectivity index (χ0v) is 28.8. The summed E-state index contributed by atoms with van der Waals surface area (Å²) in [5.74, 6) is 1.84. The van der Waals surface area contributed by atoms with Gasteiger partial charge < -0.3 is 4.57 Å². The Kier molecular flexibility index (Phi) is 7.68. The van der Waals surface area contributed by atoms with Gasteiger partial charge in [0, 0.05) is 48.6 Å². The molecular weight excluding hydrogens is 641 g/mol. The van der Waals surface area contributed by atoms with Crippen LogP contribution in [0.15, 0.2) is 170 Å². The highest BCUT2D eigenvalue weighted by atomic mass is 32.1. The Hall–Kier alpha value is -6.43. The van der Waals surface area contributed by atoms with Gasteiger partial charge in [-0.25, -0.2) is 15.0 Å². The fourth-order valence-corrected chi connectivity index (χ4v) is 8.24. The summed E-state index contributed by atoms with van der Waals surface area (Å²) in [5, 5.41) is 5.00. The average molecular weight is 673 g/mol. The van der Waals surface area contributed by atoms with Crippen molar-refractivity contribution in [3.05, 3.63) is 176 Å². The van der Waals surface area contributed by atoms with Crippen molar-refractivity contribution in [2.24, 2.45) is 0 Å². The highest BCUT2D eigenvalue weighted by Gasteiger charge is 2.21. The van der Waals surface area contributed by atoms with Gasteiger partial charge in [-0.3, -0.25) is 0 Å². The van der Waals surface area contributed by atoms with E-state index in [1.54, 1.807) is 0 Å². The molecule has 0 radical (unpaired) electrons. The van der Waals surface area contributed by atoms with E-state index in [9.17, 15) is 0 Å². The van der Waals surface area contributed by atoms with E-state index in [0.29, 0.717) is 17.5 Å². The summed E-state index contributed by atoms with van der Waals surface area (Å²) in [6, 6.07) is 48.8. The molecule has 9 rings (SSSR count). The summed E-state index contributed by atoms with van der Waals surface area (Å²) in [6.07, 6.45) is 8.05. The van der Waals surface area contributed by atoms with E-state index in [4.69, 9.17) is 15.0 Å². The van der Waals surface area contributed by atoms with Crippen LogP contribution in [-0.2, 0) is 0 Å². The third kappa shape index (κ3) is 5.27. The average Bonchev–Trinajstić information content (AvgIpc) is 3.75. The van der Waals surface area contributed by atoms with E-state index >= 15 is 0 Å². The molecule has 4 nitrogen and oxygen atoms in total. The van der Waals surface area contributed by atoms with E-state index in [0.717, 1.165) is 39.0 Å². The van der Waals surface area contributed by atoms with E-state index in [-0.39, 0.29) is 0 Å². The van der Waals surface area contributed by atoms with Crippen molar-refractivity contribution < 1.29 is 0 Å². The van der Waals surface area contributed by atoms with Crippen molar-refractivity contribution in [3.63, 3.8) is 0 Å². The molecule has 242 valence electrons. The number of nitrogens with zero attached hydrogens (tertiary/aromatic N) is 4. The fraction of sp³-hybridized carbons (Fsp3) is 0.0217. The first-order chi connectivity index (χ1) is 25.2. The lowest BCUT2D eigenvalue weighted by molar-refractivity contribution is 1.07. The number of hydrogen-bond acceptors (Lipinski definition) is 4. The predicted octanol–water partition coefficient (Wildman–Crippen LogP) is 12.5. The molecule has 0 aliphatic rings. The maximum Gasteiger partial charge on any atom is 0.164 e. The predicted molar refractivity (Wildman–Crippen MR) is 216 cm³/mol. The molecule has 0 amide bonds. The monoisotopic (exact) mass is 672 g/mol. The maximum atomic E-state index is 5.17. The minimum absolute atomic E-state index is 0.598. The van der Waals surface area contributed by atoms with Crippen molar-refractivity contribution >= 4 is 58.9 Å². The van der Waals surface area contributed by atoms with E-state index in [2.05, 4.69) is 96.1 Å². The van der Waals surface area contributed by atoms with Crippen LogP contribution in [0, 0.1) is 0 Å². The Labute approximate surface area is 300 Å². The van der Waals surface area contributed by atoms with Crippen LogP contribution in [0.3, 0.4) is 0 Å². The standard InChI is InChI=1S/C46H32N4S/c1-3-5-16-30(4-2)34-26-25-33(29-39(34)46-48-44(31-17-8-6-9-18-31)47-45(49-46)32-19-10-7-11-20-32)50-40-23-14-12-21-35(40)37-27-28-38-36-22-13-15-24-41(36)51-43(38)42(37)50/h3-29H,2H2,1H3/b5-3-,30-16+. The van der Waals surface area contributed by atoms with Crippen molar-refractivity contribution in [1.29, 1.82) is 0 Å². The lowest BCUT2D eigenvalue weighted by atomic mass is 9.97. The molecule has 3 aromatic heterocycles. The molecule has 0 fully saturated rings. The highest BCUT2D eigenvalue weighted by Crippen LogP contribution is 2.43. The van der Waals surface area contributed by atoms with Gasteiger partial charge in [-0.05, 0) is 42.3 Å². The lowest BCUT2D eigenvalue weighted by Crippen LogP contribution is -2.03. The number of rotatable bonds is 7. The number of fused-ring (bicyclic) bond motifs is 7. The summed E-state index contributed by atoms with van der Waals surface area (Å²) >= 11 is 1.85. The minimum atomic E-state index is 0.598. The zero-order valence-electron chi connectivity index (χ0n) is 28.0. The molecule has 0 unspecified atom stereocenters. The molecule has 0 aliphatic carbocycles. The van der Waals surface area contributed by atoms with Crippen LogP contribution in [0.2, 0.25) is 0 Å². The Morgan fingerprint density at radius 1 is 0.627 bits per heavy atom. The van der Waals surface area contributed by atoms with Gasteiger partial charge in [-0.2, -0.15) is 0 Å². The van der Waals surface area contributed by atoms with Gasteiger partial charge in [0.25, 0.3) is 0 Å². The molecule has 51 heavy (non-hydrogen) atoms. The molecule has 0 bridgehead atoms. The fourth-order valence-electron chi connectivity index (χ4n) is 7.00. The summed E-state index contributed by atoms with van der Waals surface area (Å²) in [4.78, 5) is 15.3. The van der Waals surface area contributed by atoms with Crippen molar-refractivity contribution in [2.45, 2.75) is 6.92 Å². The third-order valence-electron chi connectivity index (χ3n) is 9.38. The second kappa shape index (κ2) is 12.8. The normalized spacial score (nSPS) is 12.1. The van der Waals surface area contributed by atoms with Gasteiger partial charge in [0.2, 0.25) is 0 Å². The first kappa shape index (κ1) is 30.6. The SMILES string of the molecule is C=C/C(=C\C=C/C)c1ccc(-n2c3ccccc3c3ccc4c5ccccc5sc4c32)cc1-c1nc(-c2ccccc2)nc(-c2ccccc2)n1. The Balaban J connectivity index is 1.37. The first-order valence-corrected chi connectivity index (χ1v) is 17.8. The molecule has 0 aliphatic heterocycles. The summed E-state index contributed by atoms with van der Waals surface area (Å²) < 4.78 is 4.97. The van der Waals surface area contributed by atoms with Crippen molar-refractivity contribution in [1.82, 2.24) is 19.5 Å². The number of hydrogen-bond donors (Lipinski definition) is 0. The Bertz CT molecular complexity index is 2770. The Morgan fingerprint density at radius 3 is 1.96 bits per heavy atom. The van der Waals surface area contributed by atoms with Crippen LogP contribution >= 0.6 is 11.3 Å². The summed E-state index contributed by atoms with van der Waals surface area (Å²) in [5.41, 5.74) is 8.10. The van der Waals surface area contributed by atoms with E-state index in [1.807, 2.05) is 97.2 Å². The smallest absolute Gasteiger partial charge is 0.164 e. The van der Waals surface area contributed by atoms with Gasteiger partial charge in [0.1, 0.15) is 0 Å². The molecule has 6 aromatic carbocycles. The number of thiophene rings is 1. The van der Waals surface area contributed by atoms with Crippen molar-refractivity contribution in [3.8, 4) is 39.9 Å². The van der Waals surface area contributed by atoms with Crippen LogP contribution in [0.4, 0.5) is 0 Å². The number of allylic oxidation sites excluding steroid dienone is 5. The van der Waals surface area contributed by atoms with Crippen LogP contribution in [0.5, 0.6) is 0 Å². The van der Waals surface area contributed by atoms with Crippen LogP contribution in [-0.4, -0.2) is 19.5 Å². The van der Waals surface area contributed by atoms with Gasteiger partial charge >= 0.3 is 0 Å². The third-order valence-corrected chi connectivity index (χ3v) is 10.6. The molecule has 0 spiro atoms. The zero-order chi connectivity index (χ0) is 34.3. The molecule has 0 saturated carbocycles. The number of benzene rings is 6. The molecule has 9 aromatic rings. The minimum Gasteiger partial charge on any atom is -0.308 e.